The Hall–Kier alpha value is 0.0200. The van der Waals surface area contributed by atoms with Crippen molar-refractivity contribution in [2.75, 3.05) is 26.2 Å². The van der Waals surface area contributed by atoms with Crippen molar-refractivity contribution in [3.8, 4) is 12.3 Å². The average molecular weight is 562 g/mol. The van der Waals surface area contributed by atoms with Crippen LogP contribution in [-0.2, 0) is 0 Å². The summed E-state index contributed by atoms with van der Waals surface area (Å²) in [6, 6.07) is 0. The molecule has 1 atom stereocenters. The molecule has 0 aliphatic heterocycles. The number of quaternary nitrogens is 1. The molecule has 0 saturated carbocycles. The highest BCUT2D eigenvalue weighted by atomic mass is 127. The molecule has 0 aromatic carbocycles. The van der Waals surface area contributed by atoms with Crippen LogP contribution >= 0.6 is 22.6 Å². The van der Waals surface area contributed by atoms with E-state index in [1.807, 2.05) is 0 Å². The van der Waals surface area contributed by atoms with Crippen LogP contribution in [0, 0.1) is 12.3 Å². The number of nitrogens with zero attached hydrogens (tertiary/aromatic N) is 1. The monoisotopic (exact) mass is 561 g/mol. The van der Waals surface area contributed by atoms with E-state index in [9.17, 15) is 0 Å². The summed E-state index contributed by atoms with van der Waals surface area (Å²) in [5.41, 5.74) is 0. The van der Waals surface area contributed by atoms with Crippen LogP contribution in [0.1, 0.15) is 110 Å². The number of hydrogen-bond donors (Lipinski definition) is 0. The summed E-state index contributed by atoms with van der Waals surface area (Å²) in [5.74, 6) is 3.08. The Morgan fingerprint density at radius 2 is 1.29 bits per heavy atom. The second-order valence-electron chi connectivity index (χ2n) is 9.58. The van der Waals surface area contributed by atoms with Gasteiger partial charge in [-0.2, -0.15) is 0 Å². The summed E-state index contributed by atoms with van der Waals surface area (Å²) in [7, 11) is 0. The number of rotatable bonds is 19. The number of unbranched alkanes of at least 4 members (excludes halogenated alkanes) is 12. The lowest BCUT2D eigenvalue weighted by atomic mass is 9.97. The molecule has 0 aromatic heterocycles. The lowest BCUT2D eigenvalue weighted by Crippen LogP contribution is -3.00. The van der Waals surface area contributed by atoms with Gasteiger partial charge in [-0.1, -0.05) is 125 Å². The summed E-state index contributed by atoms with van der Waals surface area (Å²) < 4.78 is 1.35. The first-order chi connectivity index (χ1) is 14.6. The molecule has 1 aliphatic rings. The fourth-order valence-electron chi connectivity index (χ4n) is 4.80. The van der Waals surface area contributed by atoms with Gasteiger partial charge in [0, 0.05) is 0 Å². The van der Waals surface area contributed by atoms with Crippen LogP contribution in [0.4, 0.5) is 0 Å². The molecule has 1 unspecified atom stereocenters. The molecule has 0 spiro atoms. The zero-order chi connectivity index (χ0) is 22.0. The molecule has 3 heteroatoms. The minimum atomic E-state index is 0. The van der Waals surface area contributed by atoms with Crippen LogP contribution < -0.4 is 12.4 Å². The molecule has 1 nitrogen and oxygen atoms in total. The Morgan fingerprint density at radius 1 is 0.806 bits per heavy atom. The summed E-state index contributed by atoms with van der Waals surface area (Å²) >= 11 is 2.70. The van der Waals surface area contributed by atoms with Gasteiger partial charge in [0.05, 0.1) is 23.1 Å². The number of hydrogen-bond acceptors (Lipinski definition) is 0. The Balaban J connectivity index is 0.00000900. The highest BCUT2D eigenvalue weighted by Gasteiger charge is 2.36. The third-order valence-corrected chi connectivity index (χ3v) is 7.74. The highest BCUT2D eigenvalue weighted by Crippen LogP contribution is 2.33. The van der Waals surface area contributed by atoms with Crippen molar-refractivity contribution >= 4 is 22.6 Å². The topological polar surface area (TPSA) is 0 Å². The fourth-order valence-corrected chi connectivity index (χ4v) is 5.99. The SMILES string of the molecule is C#CC[N+](CCCCCCCCC)(CCCCCCCCC)CC1(I)C=CC=CC1.[Cl-]. The second-order valence-corrected chi connectivity index (χ2v) is 11.7. The standard InChI is InChI=1S/C28H49IN.ClH/c1-4-7-9-11-13-15-20-25-30(24-6-3,26-21-16-14-12-10-8-5-2)27-28(29)22-18-17-19-23-28;/h3,17-19,22H,4-5,7-16,20-21,23-27H2,1-2H3;1H/q+1;/p-1. The number of allylic oxidation sites excluding steroid dienone is 3. The Kier molecular flexibility index (Phi) is 19.5. The lowest BCUT2D eigenvalue weighted by Gasteiger charge is -2.42. The van der Waals surface area contributed by atoms with Crippen molar-refractivity contribution in [1.82, 2.24) is 0 Å². The van der Waals surface area contributed by atoms with Crippen LogP contribution in [0.3, 0.4) is 0 Å². The van der Waals surface area contributed by atoms with Gasteiger partial charge >= 0.3 is 0 Å². The first-order valence-electron chi connectivity index (χ1n) is 12.9. The van der Waals surface area contributed by atoms with Gasteiger partial charge in [-0.05, 0) is 38.0 Å². The minimum Gasteiger partial charge on any atom is -1.00 e. The molecule has 0 amide bonds. The normalized spacial score (nSPS) is 18.0. The molecule has 1 aliphatic carbocycles. The van der Waals surface area contributed by atoms with Crippen LogP contribution in [0.15, 0.2) is 24.3 Å². The van der Waals surface area contributed by atoms with Gasteiger partial charge in [0.25, 0.3) is 0 Å². The number of terminal acetylenes is 1. The highest BCUT2D eigenvalue weighted by molar-refractivity contribution is 14.1. The van der Waals surface area contributed by atoms with Gasteiger partial charge in [0.1, 0.15) is 6.54 Å². The van der Waals surface area contributed by atoms with E-state index in [0.717, 1.165) is 17.4 Å². The van der Waals surface area contributed by atoms with Crippen LogP contribution in [-0.4, -0.2) is 34.1 Å². The molecule has 31 heavy (non-hydrogen) atoms. The number of alkyl halides is 1. The maximum Gasteiger partial charge on any atom is 0.140 e. The van der Waals surface area contributed by atoms with Crippen LogP contribution in [0.25, 0.3) is 0 Å². The van der Waals surface area contributed by atoms with E-state index in [0.29, 0.717) is 0 Å². The molecule has 1 rings (SSSR count). The molecule has 0 N–H and O–H groups in total. The molecule has 180 valence electrons. The van der Waals surface area contributed by atoms with Crippen molar-refractivity contribution in [3.63, 3.8) is 0 Å². The maximum absolute atomic E-state index is 5.93. The Labute approximate surface area is 215 Å². The predicted octanol–water partition coefficient (Wildman–Crippen LogP) is 5.63. The third-order valence-electron chi connectivity index (χ3n) is 6.60. The minimum absolute atomic E-state index is 0. The van der Waals surface area contributed by atoms with E-state index in [1.54, 1.807) is 0 Å². The summed E-state index contributed by atoms with van der Waals surface area (Å²) in [5, 5.41) is 0. The van der Waals surface area contributed by atoms with Crippen molar-refractivity contribution < 1.29 is 16.9 Å². The second kappa shape index (κ2) is 19.5. The quantitative estimate of drug-likeness (QED) is 0.0630. The van der Waals surface area contributed by atoms with Gasteiger partial charge in [-0.3, -0.25) is 0 Å². The van der Waals surface area contributed by atoms with Gasteiger partial charge in [-0.25, -0.2) is 0 Å². The van der Waals surface area contributed by atoms with Gasteiger partial charge in [-0.15, -0.1) is 6.42 Å². The van der Waals surface area contributed by atoms with Crippen molar-refractivity contribution in [2.45, 2.75) is 114 Å². The first kappa shape index (κ1) is 31.0. The molecule has 0 heterocycles. The van der Waals surface area contributed by atoms with Crippen LogP contribution in [0.5, 0.6) is 0 Å². The predicted molar refractivity (Wildman–Crippen MR) is 144 cm³/mol. The molecule has 0 bridgehead atoms. The van der Waals surface area contributed by atoms with Gasteiger partial charge in [0.2, 0.25) is 0 Å². The third kappa shape index (κ3) is 14.7. The maximum atomic E-state index is 5.93. The zero-order valence-electron chi connectivity index (χ0n) is 20.5. The van der Waals surface area contributed by atoms with Crippen molar-refractivity contribution in [1.29, 1.82) is 0 Å². The smallest absolute Gasteiger partial charge is 0.140 e. The largest absolute Gasteiger partial charge is 1.00 e. The van der Waals surface area contributed by atoms with Crippen LogP contribution in [0.2, 0.25) is 0 Å². The van der Waals surface area contributed by atoms with E-state index in [2.05, 4.69) is 66.7 Å². The Bertz CT molecular complexity index is 504. The Morgan fingerprint density at radius 3 is 1.71 bits per heavy atom. The molecular formula is C28H49ClIN. The molecule has 0 aromatic rings. The first-order valence-corrected chi connectivity index (χ1v) is 14.0. The van der Waals surface area contributed by atoms with Gasteiger partial charge in [0.15, 0.2) is 0 Å². The van der Waals surface area contributed by atoms with Crippen molar-refractivity contribution in [3.05, 3.63) is 24.3 Å². The average Bonchev–Trinajstić information content (AvgIpc) is 2.73. The van der Waals surface area contributed by atoms with E-state index >= 15 is 0 Å². The fraction of sp³-hybridized carbons (Fsp3) is 0.786. The van der Waals surface area contributed by atoms with E-state index in [1.165, 1.54) is 110 Å². The van der Waals surface area contributed by atoms with E-state index in [4.69, 9.17) is 6.42 Å². The molecule has 0 fully saturated rings. The summed E-state index contributed by atoms with van der Waals surface area (Å²) in [4.78, 5) is 0. The lowest BCUT2D eigenvalue weighted by molar-refractivity contribution is -0.922. The van der Waals surface area contributed by atoms with Gasteiger partial charge < -0.3 is 16.9 Å². The molecule has 0 radical (unpaired) electrons. The molecule has 0 saturated heterocycles. The number of halogens is 2. The zero-order valence-corrected chi connectivity index (χ0v) is 23.4. The summed E-state index contributed by atoms with van der Waals surface area (Å²) in [6.07, 6.45) is 35.5. The van der Waals surface area contributed by atoms with E-state index < -0.39 is 0 Å². The molecular weight excluding hydrogens is 513 g/mol. The van der Waals surface area contributed by atoms with E-state index in [-0.39, 0.29) is 15.8 Å². The van der Waals surface area contributed by atoms with Crippen molar-refractivity contribution in [2.24, 2.45) is 0 Å². The summed E-state index contributed by atoms with van der Waals surface area (Å²) in [6.45, 7) is 9.19.